The van der Waals surface area contributed by atoms with E-state index in [0.717, 1.165) is 25.7 Å². The number of aliphatic hydroxyl groups excluding tert-OH is 1. The normalized spacial score (nSPS) is 24.8. The number of aryl methyl sites for hydroxylation is 1. The molecule has 2 heterocycles. The summed E-state index contributed by atoms with van der Waals surface area (Å²) in [5, 5.41) is 14.3. The van der Waals surface area contributed by atoms with Gasteiger partial charge in [-0.3, -0.25) is 4.79 Å². The smallest absolute Gasteiger partial charge is 0.232 e. The number of rotatable bonds is 4. The Morgan fingerprint density at radius 2 is 2.26 bits per heavy atom. The van der Waals surface area contributed by atoms with E-state index < -0.39 is 0 Å². The molecule has 0 bridgehead atoms. The Bertz CT molecular complexity index is 740. The van der Waals surface area contributed by atoms with E-state index in [-0.39, 0.29) is 17.3 Å². The predicted octanol–water partition coefficient (Wildman–Crippen LogP) is 3.09. The highest BCUT2D eigenvalue weighted by molar-refractivity contribution is 6.09. The lowest BCUT2D eigenvalue weighted by atomic mass is 9.73. The minimum Gasteiger partial charge on any atom is -0.442 e. The number of nitrogens with one attached hydrogen (secondary N) is 1. The number of fused-ring (bicyclic) bond motifs is 1. The lowest BCUT2D eigenvalue weighted by Crippen LogP contribution is -2.41. The summed E-state index contributed by atoms with van der Waals surface area (Å²) < 4.78 is 5.58. The molecule has 2 aromatic heterocycles. The lowest BCUT2D eigenvalue weighted by Gasteiger charge is -2.38. The quantitative estimate of drug-likeness (QED) is 0.843. The van der Waals surface area contributed by atoms with Crippen LogP contribution in [0.15, 0.2) is 10.7 Å². The van der Waals surface area contributed by atoms with Crippen molar-refractivity contribution in [1.29, 1.82) is 0 Å². The maximum atomic E-state index is 11.9. The van der Waals surface area contributed by atoms with Crippen LogP contribution in [-0.4, -0.2) is 33.5 Å². The van der Waals surface area contributed by atoms with Crippen molar-refractivity contribution in [2.45, 2.75) is 52.6 Å². The maximum Gasteiger partial charge on any atom is 0.232 e. The van der Waals surface area contributed by atoms with Crippen molar-refractivity contribution in [3.8, 4) is 0 Å². The Morgan fingerprint density at radius 3 is 2.96 bits per heavy atom. The molecule has 2 atom stereocenters. The number of furan rings is 1. The topological polar surface area (TPSA) is 88.2 Å². The highest BCUT2D eigenvalue weighted by Crippen LogP contribution is 2.37. The van der Waals surface area contributed by atoms with Crippen LogP contribution in [0.1, 0.15) is 55.6 Å². The minimum absolute atomic E-state index is 0.0667. The zero-order valence-corrected chi connectivity index (χ0v) is 13.8. The van der Waals surface area contributed by atoms with E-state index in [1.165, 1.54) is 13.3 Å². The SMILES string of the molecule is CC(=O)c1c(C)oc2ncnc(NCC3(C)CCCCC3O)c12. The van der Waals surface area contributed by atoms with E-state index in [9.17, 15) is 9.90 Å². The third-order valence-electron chi connectivity index (χ3n) is 4.96. The first-order valence-corrected chi connectivity index (χ1v) is 8.09. The fraction of sp³-hybridized carbons (Fsp3) is 0.588. The van der Waals surface area contributed by atoms with Gasteiger partial charge in [-0.25, -0.2) is 9.97 Å². The van der Waals surface area contributed by atoms with Gasteiger partial charge in [0, 0.05) is 12.0 Å². The van der Waals surface area contributed by atoms with Crippen LogP contribution in [0.25, 0.3) is 11.1 Å². The van der Waals surface area contributed by atoms with Crippen molar-refractivity contribution < 1.29 is 14.3 Å². The van der Waals surface area contributed by atoms with Gasteiger partial charge in [-0.15, -0.1) is 0 Å². The van der Waals surface area contributed by atoms with Crippen LogP contribution in [0, 0.1) is 12.3 Å². The molecule has 1 fully saturated rings. The second-order valence-electron chi connectivity index (χ2n) is 6.76. The number of hydrogen-bond acceptors (Lipinski definition) is 6. The van der Waals surface area contributed by atoms with Crippen LogP contribution < -0.4 is 5.32 Å². The predicted molar refractivity (Wildman–Crippen MR) is 87.6 cm³/mol. The summed E-state index contributed by atoms with van der Waals surface area (Å²) in [4.78, 5) is 20.3. The van der Waals surface area contributed by atoms with Gasteiger partial charge in [-0.2, -0.15) is 0 Å². The Morgan fingerprint density at radius 1 is 1.48 bits per heavy atom. The van der Waals surface area contributed by atoms with Gasteiger partial charge < -0.3 is 14.8 Å². The highest BCUT2D eigenvalue weighted by Gasteiger charge is 2.35. The molecule has 2 unspecified atom stereocenters. The Hall–Kier alpha value is -1.95. The summed E-state index contributed by atoms with van der Waals surface area (Å²) in [6.45, 7) is 5.96. The molecule has 6 nitrogen and oxygen atoms in total. The summed E-state index contributed by atoms with van der Waals surface area (Å²) in [7, 11) is 0. The standard InChI is InChI=1S/C17H23N3O3/c1-10(21)13-11(2)23-16-14(13)15(19-9-20-16)18-8-17(3)7-5-4-6-12(17)22/h9,12,22H,4-8H2,1-3H3,(H,18,19,20). The summed E-state index contributed by atoms with van der Waals surface area (Å²) in [6.07, 6.45) is 5.11. The molecule has 0 spiro atoms. The average Bonchev–Trinajstić information content (AvgIpc) is 2.85. The van der Waals surface area contributed by atoms with E-state index >= 15 is 0 Å². The second-order valence-corrected chi connectivity index (χ2v) is 6.76. The van der Waals surface area contributed by atoms with E-state index in [1.807, 2.05) is 0 Å². The van der Waals surface area contributed by atoms with Crippen LogP contribution in [-0.2, 0) is 0 Å². The number of aromatic nitrogens is 2. The van der Waals surface area contributed by atoms with Gasteiger partial charge in [0.15, 0.2) is 5.78 Å². The second kappa shape index (κ2) is 5.92. The van der Waals surface area contributed by atoms with Crippen molar-refractivity contribution in [3.63, 3.8) is 0 Å². The highest BCUT2D eigenvalue weighted by atomic mass is 16.3. The monoisotopic (exact) mass is 317 g/mol. The number of carbonyl (C=O) groups excluding carboxylic acids is 1. The van der Waals surface area contributed by atoms with Crippen LogP contribution >= 0.6 is 0 Å². The molecule has 1 aliphatic rings. The third kappa shape index (κ3) is 2.83. The van der Waals surface area contributed by atoms with Gasteiger partial charge in [-0.05, 0) is 26.7 Å². The fourth-order valence-electron chi connectivity index (χ4n) is 3.48. The van der Waals surface area contributed by atoms with Crippen molar-refractivity contribution in [2.75, 3.05) is 11.9 Å². The molecular formula is C17H23N3O3. The summed E-state index contributed by atoms with van der Waals surface area (Å²) >= 11 is 0. The van der Waals surface area contributed by atoms with Gasteiger partial charge in [0.2, 0.25) is 5.71 Å². The summed E-state index contributed by atoms with van der Waals surface area (Å²) in [5.41, 5.74) is 0.752. The number of carbonyl (C=O) groups is 1. The van der Waals surface area contributed by atoms with Crippen molar-refractivity contribution in [3.05, 3.63) is 17.7 Å². The number of hydrogen-bond donors (Lipinski definition) is 2. The third-order valence-corrected chi connectivity index (χ3v) is 4.96. The van der Waals surface area contributed by atoms with Crippen molar-refractivity contribution in [2.24, 2.45) is 5.41 Å². The van der Waals surface area contributed by atoms with Crippen LogP contribution in [0.3, 0.4) is 0 Å². The van der Waals surface area contributed by atoms with Crippen LogP contribution in [0.4, 0.5) is 5.82 Å². The molecule has 0 aliphatic heterocycles. The molecule has 1 saturated carbocycles. The van der Waals surface area contributed by atoms with Crippen LogP contribution in [0.2, 0.25) is 0 Å². The molecule has 3 rings (SSSR count). The van der Waals surface area contributed by atoms with Crippen molar-refractivity contribution in [1.82, 2.24) is 9.97 Å². The first kappa shape index (κ1) is 15.9. The molecule has 2 aromatic rings. The van der Waals surface area contributed by atoms with Crippen molar-refractivity contribution >= 4 is 22.7 Å². The largest absolute Gasteiger partial charge is 0.442 e. The lowest BCUT2D eigenvalue weighted by molar-refractivity contribution is 0.00960. The molecule has 0 radical (unpaired) electrons. The number of Topliss-reactive ketones (excluding diaryl/α,β-unsaturated/α-hetero) is 1. The molecule has 0 saturated heterocycles. The maximum absolute atomic E-state index is 11.9. The van der Waals surface area contributed by atoms with Gasteiger partial charge in [0.05, 0.1) is 17.1 Å². The van der Waals surface area contributed by atoms with Gasteiger partial charge >= 0.3 is 0 Å². The van der Waals surface area contributed by atoms with E-state index in [1.54, 1.807) is 6.92 Å². The molecule has 23 heavy (non-hydrogen) atoms. The summed E-state index contributed by atoms with van der Waals surface area (Å²) in [5.74, 6) is 1.08. The molecule has 124 valence electrons. The number of aliphatic hydroxyl groups is 1. The Labute approximate surface area is 135 Å². The van der Waals surface area contributed by atoms with Crippen LogP contribution in [0.5, 0.6) is 0 Å². The Kier molecular flexibility index (Phi) is 4.10. The number of ketones is 1. The number of nitrogens with zero attached hydrogens (tertiary/aromatic N) is 2. The zero-order valence-electron chi connectivity index (χ0n) is 13.8. The molecule has 0 amide bonds. The number of anilines is 1. The molecule has 1 aliphatic carbocycles. The molecule has 2 N–H and O–H groups in total. The first-order valence-electron chi connectivity index (χ1n) is 8.09. The van der Waals surface area contributed by atoms with Gasteiger partial charge in [0.25, 0.3) is 0 Å². The molecular weight excluding hydrogens is 294 g/mol. The van der Waals surface area contributed by atoms with E-state index in [4.69, 9.17) is 4.42 Å². The molecule has 0 aromatic carbocycles. The first-order chi connectivity index (χ1) is 10.9. The van der Waals surface area contributed by atoms with Gasteiger partial charge in [-0.1, -0.05) is 19.8 Å². The van der Waals surface area contributed by atoms with E-state index in [0.29, 0.717) is 34.8 Å². The van der Waals surface area contributed by atoms with Gasteiger partial charge in [0.1, 0.15) is 17.9 Å². The Balaban J connectivity index is 1.93. The minimum atomic E-state index is -0.320. The average molecular weight is 317 g/mol. The summed E-state index contributed by atoms with van der Waals surface area (Å²) in [6, 6.07) is 0. The zero-order chi connectivity index (χ0) is 16.6. The fourth-order valence-corrected chi connectivity index (χ4v) is 3.48. The van der Waals surface area contributed by atoms with E-state index in [2.05, 4.69) is 22.2 Å². The molecule has 6 heteroatoms.